The molecule has 0 aliphatic rings. The topological polar surface area (TPSA) is 46.2 Å². The number of hydrogen-bond acceptors (Lipinski definition) is 2. The zero-order valence-corrected chi connectivity index (χ0v) is 12.8. The van der Waals surface area contributed by atoms with Crippen LogP contribution < -0.4 is 4.72 Å². The average molecular weight is 302 g/mol. The summed E-state index contributed by atoms with van der Waals surface area (Å²) in [5.41, 5.74) is 0.803. The van der Waals surface area contributed by atoms with Crippen molar-refractivity contribution in [2.45, 2.75) is 26.7 Å². The van der Waals surface area contributed by atoms with Crippen molar-refractivity contribution in [2.75, 3.05) is 6.54 Å². The quantitative estimate of drug-likeness (QED) is 0.835. The second-order valence-corrected chi connectivity index (χ2v) is 6.52. The van der Waals surface area contributed by atoms with Crippen LogP contribution >= 0.6 is 11.6 Å². The van der Waals surface area contributed by atoms with Crippen molar-refractivity contribution < 1.29 is 8.42 Å². The zero-order valence-electron chi connectivity index (χ0n) is 11.3. The van der Waals surface area contributed by atoms with Gasteiger partial charge in [-0.15, -0.1) is 0 Å². The zero-order chi connectivity index (χ0) is 14.3. The molecule has 0 spiro atoms. The molecule has 3 nitrogen and oxygen atoms in total. The van der Waals surface area contributed by atoms with E-state index in [1.54, 1.807) is 30.3 Å². The normalized spacial score (nSPS) is 12.4. The fraction of sp³-hybridized carbons (Fsp3) is 0.429. The van der Waals surface area contributed by atoms with E-state index in [9.17, 15) is 8.42 Å². The molecule has 0 aromatic heterocycles. The van der Waals surface area contributed by atoms with Crippen LogP contribution in [0.15, 0.2) is 29.7 Å². The van der Waals surface area contributed by atoms with E-state index in [0.29, 0.717) is 17.5 Å². The summed E-state index contributed by atoms with van der Waals surface area (Å²) in [6, 6.07) is 7.00. The molecule has 0 aliphatic heterocycles. The first kappa shape index (κ1) is 16.2. The molecule has 0 bridgehead atoms. The van der Waals surface area contributed by atoms with Crippen LogP contribution in [-0.4, -0.2) is 15.0 Å². The highest BCUT2D eigenvalue weighted by Crippen LogP contribution is 2.11. The van der Waals surface area contributed by atoms with Gasteiger partial charge in [-0.3, -0.25) is 0 Å². The van der Waals surface area contributed by atoms with Crippen molar-refractivity contribution in [3.8, 4) is 0 Å². The van der Waals surface area contributed by atoms with Gasteiger partial charge in [0.05, 0.1) is 0 Å². The van der Waals surface area contributed by atoms with Gasteiger partial charge in [0.25, 0.3) is 0 Å². The second-order valence-electron chi connectivity index (χ2n) is 4.43. The summed E-state index contributed by atoms with van der Waals surface area (Å²) >= 11 is 5.76. The first-order chi connectivity index (χ1) is 8.96. The average Bonchev–Trinajstić information content (AvgIpc) is 2.39. The van der Waals surface area contributed by atoms with Crippen LogP contribution in [-0.2, 0) is 10.0 Å². The maximum absolute atomic E-state index is 11.8. The van der Waals surface area contributed by atoms with E-state index in [0.717, 1.165) is 18.4 Å². The standard InChI is InChI=1S/C14H20ClNO2S/c1-3-12(4-2)11-16-19(17,18)10-9-13-5-7-14(15)8-6-13/h5-10,12,16H,3-4,11H2,1-2H3/b10-9+. The Kier molecular flexibility index (Phi) is 6.55. The molecule has 1 aromatic rings. The third-order valence-corrected chi connectivity index (χ3v) is 4.35. The maximum Gasteiger partial charge on any atom is 0.233 e. The van der Waals surface area contributed by atoms with E-state index in [1.807, 2.05) is 0 Å². The molecule has 0 aliphatic carbocycles. The van der Waals surface area contributed by atoms with Crippen LogP contribution in [0.4, 0.5) is 0 Å². The van der Waals surface area contributed by atoms with E-state index in [-0.39, 0.29) is 0 Å². The summed E-state index contributed by atoms with van der Waals surface area (Å²) in [7, 11) is -3.37. The second kappa shape index (κ2) is 7.68. The fourth-order valence-electron chi connectivity index (χ4n) is 1.60. The largest absolute Gasteiger partial charge is 0.233 e. The van der Waals surface area contributed by atoms with Crippen LogP contribution in [0.2, 0.25) is 5.02 Å². The van der Waals surface area contributed by atoms with Crippen molar-refractivity contribution in [3.63, 3.8) is 0 Å². The Balaban J connectivity index is 2.61. The van der Waals surface area contributed by atoms with Gasteiger partial charge in [-0.2, -0.15) is 0 Å². The van der Waals surface area contributed by atoms with E-state index in [1.165, 1.54) is 5.41 Å². The molecule has 1 aromatic carbocycles. The van der Waals surface area contributed by atoms with E-state index in [4.69, 9.17) is 11.6 Å². The summed E-state index contributed by atoms with van der Waals surface area (Å²) in [6.45, 7) is 4.61. The fourth-order valence-corrected chi connectivity index (χ4v) is 2.63. The summed E-state index contributed by atoms with van der Waals surface area (Å²) in [6.07, 6.45) is 3.51. The first-order valence-electron chi connectivity index (χ1n) is 6.40. The van der Waals surface area contributed by atoms with Gasteiger partial charge in [0, 0.05) is 17.0 Å². The van der Waals surface area contributed by atoms with Crippen molar-refractivity contribution in [2.24, 2.45) is 5.92 Å². The molecule has 0 unspecified atom stereocenters. The number of hydrogen-bond donors (Lipinski definition) is 1. The van der Waals surface area contributed by atoms with E-state index >= 15 is 0 Å². The summed E-state index contributed by atoms with van der Waals surface area (Å²) in [4.78, 5) is 0. The highest BCUT2D eigenvalue weighted by atomic mass is 35.5. The predicted octanol–water partition coefficient (Wildman–Crippen LogP) is 3.67. The third-order valence-electron chi connectivity index (χ3n) is 3.04. The summed E-state index contributed by atoms with van der Waals surface area (Å²) in [5.74, 6) is 0.388. The van der Waals surface area contributed by atoms with Gasteiger partial charge < -0.3 is 0 Å². The Morgan fingerprint density at radius 2 is 1.79 bits per heavy atom. The number of benzene rings is 1. The molecule has 1 rings (SSSR count). The summed E-state index contributed by atoms with van der Waals surface area (Å²) in [5, 5.41) is 1.82. The van der Waals surface area contributed by atoms with Crippen LogP contribution in [0, 0.1) is 5.92 Å². The number of sulfonamides is 1. The van der Waals surface area contributed by atoms with E-state index < -0.39 is 10.0 Å². The monoisotopic (exact) mass is 301 g/mol. The lowest BCUT2D eigenvalue weighted by Crippen LogP contribution is -2.27. The van der Waals surface area contributed by atoms with Gasteiger partial charge in [-0.25, -0.2) is 13.1 Å². The minimum Gasteiger partial charge on any atom is -0.211 e. The molecule has 0 saturated carbocycles. The molecule has 19 heavy (non-hydrogen) atoms. The van der Waals surface area contributed by atoms with Crippen LogP contribution in [0.5, 0.6) is 0 Å². The Bertz CT molecular complexity index is 505. The van der Waals surface area contributed by atoms with Gasteiger partial charge in [0.2, 0.25) is 10.0 Å². The molecule has 0 fully saturated rings. The lowest BCUT2D eigenvalue weighted by molar-refractivity contribution is 0.481. The van der Waals surface area contributed by atoms with Gasteiger partial charge in [0.1, 0.15) is 0 Å². The minimum absolute atomic E-state index is 0.388. The predicted molar refractivity (Wildman–Crippen MR) is 81.5 cm³/mol. The third kappa shape index (κ3) is 6.23. The first-order valence-corrected chi connectivity index (χ1v) is 8.32. The molecule has 0 amide bonds. The van der Waals surface area contributed by atoms with Crippen LogP contribution in [0.3, 0.4) is 0 Å². The smallest absolute Gasteiger partial charge is 0.211 e. The Labute approximate surface area is 120 Å². The molecule has 0 radical (unpaired) electrons. The summed E-state index contributed by atoms with van der Waals surface area (Å²) < 4.78 is 26.2. The Morgan fingerprint density at radius 1 is 1.21 bits per heavy atom. The van der Waals surface area contributed by atoms with Crippen LogP contribution in [0.25, 0.3) is 6.08 Å². The van der Waals surface area contributed by atoms with Crippen LogP contribution in [0.1, 0.15) is 32.3 Å². The lowest BCUT2D eigenvalue weighted by atomic mass is 10.0. The van der Waals surface area contributed by atoms with Crippen molar-refractivity contribution in [1.29, 1.82) is 0 Å². The van der Waals surface area contributed by atoms with Gasteiger partial charge in [-0.1, -0.05) is 50.4 Å². The maximum atomic E-state index is 11.8. The SMILES string of the molecule is CCC(CC)CNS(=O)(=O)/C=C/c1ccc(Cl)cc1. The lowest BCUT2D eigenvalue weighted by Gasteiger charge is -2.11. The van der Waals surface area contributed by atoms with Crippen molar-refractivity contribution >= 4 is 27.7 Å². The molecule has 1 N–H and O–H groups in total. The van der Waals surface area contributed by atoms with Crippen molar-refractivity contribution in [1.82, 2.24) is 4.72 Å². The molecule has 0 saturated heterocycles. The Hall–Kier alpha value is -0.840. The molecule has 106 valence electrons. The Morgan fingerprint density at radius 3 is 2.32 bits per heavy atom. The molecular formula is C14H20ClNO2S. The molecule has 5 heteroatoms. The van der Waals surface area contributed by atoms with Gasteiger partial charge in [0.15, 0.2) is 0 Å². The minimum atomic E-state index is -3.37. The molecule has 0 heterocycles. The number of rotatable bonds is 7. The van der Waals surface area contributed by atoms with Gasteiger partial charge in [-0.05, 0) is 29.7 Å². The highest BCUT2D eigenvalue weighted by Gasteiger charge is 2.09. The van der Waals surface area contributed by atoms with Crippen molar-refractivity contribution in [3.05, 3.63) is 40.3 Å². The van der Waals surface area contributed by atoms with E-state index in [2.05, 4.69) is 18.6 Å². The van der Waals surface area contributed by atoms with Gasteiger partial charge >= 0.3 is 0 Å². The molecular weight excluding hydrogens is 282 g/mol. The highest BCUT2D eigenvalue weighted by molar-refractivity contribution is 7.92. The number of halogens is 1. The molecule has 0 atom stereocenters. The number of nitrogens with one attached hydrogen (secondary N) is 1.